The lowest BCUT2D eigenvalue weighted by Gasteiger charge is -2.24. The Bertz CT molecular complexity index is 722. The first-order valence-electron chi connectivity index (χ1n) is 8.24. The number of aromatic nitrogens is 2. The minimum atomic E-state index is -0.952. The summed E-state index contributed by atoms with van der Waals surface area (Å²) in [6, 6.07) is 1.67. The Morgan fingerprint density at radius 3 is 2.96 bits per heavy atom. The SMILES string of the molecule is CCC1(CC(=O)O)CCN(c2ccnc(NC3=CNN(C)C3)n2)C1=O. The summed E-state index contributed by atoms with van der Waals surface area (Å²) >= 11 is 0. The Kier molecular flexibility index (Phi) is 4.58. The minimum absolute atomic E-state index is 0.153. The van der Waals surface area contributed by atoms with E-state index in [0.29, 0.717) is 37.7 Å². The van der Waals surface area contributed by atoms with E-state index in [1.165, 1.54) is 0 Å². The van der Waals surface area contributed by atoms with Gasteiger partial charge in [-0.15, -0.1) is 0 Å². The van der Waals surface area contributed by atoms with Crippen LogP contribution in [0.3, 0.4) is 0 Å². The Morgan fingerprint density at radius 1 is 1.52 bits per heavy atom. The van der Waals surface area contributed by atoms with Crippen molar-refractivity contribution in [2.45, 2.75) is 26.2 Å². The van der Waals surface area contributed by atoms with Crippen LogP contribution in [-0.4, -0.2) is 52.1 Å². The van der Waals surface area contributed by atoms with E-state index in [1.54, 1.807) is 17.2 Å². The van der Waals surface area contributed by atoms with E-state index in [9.17, 15) is 9.59 Å². The molecule has 1 unspecified atom stereocenters. The molecule has 2 aliphatic heterocycles. The predicted molar refractivity (Wildman–Crippen MR) is 91.5 cm³/mol. The van der Waals surface area contributed by atoms with Gasteiger partial charge in [-0.05, 0) is 18.9 Å². The van der Waals surface area contributed by atoms with Crippen LogP contribution in [-0.2, 0) is 9.59 Å². The zero-order valence-electron chi connectivity index (χ0n) is 14.3. The van der Waals surface area contributed by atoms with Crippen molar-refractivity contribution in [3.8, 4) is 0 Å². The number of carboxylic acid groups (broad SMARTS) is 1. The van der Waals surface area contributed by atoms with E-state index in [0.717, 1.165) is 5.70 Å². The van der Waals surface area contributed by atoms with Crippen molar-refractivity contribution in [2.75, 3.05) is 30.4 Å². The van der Waals surface area contributed by atoms with Crippen molar-refractivity contribution in [2.24, 2.45) is 5.41 Å². The fourth-order valence-corrected chi connectivity index (χ4v) is 3.26. The third-order valence-corrected chi connectivity index (χ3v) is 4.74. The number of carboxylic acids is 1. The number of aliphatic carboxylic acids is 1. The lowest BCUT2D eigenvalue weighted by atomic mass is 9.80. The first-order chi connectivity index (χ1) is 11.9. The zero-order valence-corrected chi connectivity index (χ0v) is 14.3. The van der Waals surface area contributed by atoms with Gasteiger partial charge in [0.05, 0.1) is 24.1 Å². The van der Waals surface area contributed by atoms with Crippen molar-refractivity contribution in [3.05, 3.63) is 24.2 Å². The van der Waals surface area contributed by atoms with E-state index in [2.05, 4.69) is 20.7 Å². The topological polar surface area (TPSA) is 111 Å². The molecule has 25 heavy (non-hydrogen) atoms. The molecule has 0 aliphatic carbocycles. The molecule has 3 N–H and O–H groups in total. The van der Waals surface area contributed by atoms with Crippen LogP contribution in [0.15, 0.2) is 24.2 Å². The maximum absolute atomic E-state index is 12.8. The molecule has 0 spiro atoms. The highest BCUT2D eigenvalue weighted by Crippen LogP contribution is 2.40. The maximum atomic E-state index is 12.8. The summed E-state index contributed by atoms with van der Waals surface area (Å²) in [6.45, 7) is 3.00. The Balaban J connectivity index is 1.77. The molecule has 1 amide bonds. The highest BCUT2D eigenvalue weighted by molar-refractivity contribution is 6.00. The van der Waals surface area contributed by atoms with Crippen LogP contribution < -0.4 is 15.6 Å². The molecule has 1 saturated heterocycles. The molecule has 1 aromatic rings. The van der Waals surface area contributed by atoms with Gasteiger partial charge in [0.2, 0.25) is 11.9 Å². The number of hydrogen-bond donors (Lipinski definition) is 3. The van der Waals surface area contributed by atoms with Gasteiger partial charge < -0.3 is 15.8 Å². The third kappa shape index (κ3) is 3.41. The lowest BCUT2D eigenvalue weighted by Crippen LogP contribution is -2.36. The summed E-state index contributed by atoms with van der Waals surface area (Å²) in [5.41, 5.74) is 3.11. The van der Waals surface area contributed by atoms with Gasteiger partial charge in [-0.2, -0.15) is 4.98 Å². The van der Waals surface area contributed by atoms with Gasteiger partial charge in [0, 0.05) is 26.0 Å². The molecule has 9 nitrogen and oxygen atoms in total. The van der Waals surface area contributed by atoms with Gasteiger partial charge in [-0.1, -0.05) is 6.92 Å². The lowest BCUT2D eigenvalue weighted by molar-refractivity contribution is -0.143. The third-order valence-electron chi connectivity index (χ3n) is 4.74. The smallest absolute Gasteiger partial charge is 0.304 e. The first kappa shape index (κ1) is 17.2. The van der Waals surface area contributed by atoms with Crippen molar-refractivity contribution >= 4 is 23.6 Å². The van der Waals surface area contributed by atoms with Crippen LogP contribution in [0.2, 0.25) is 0 Å². The van der Waals surface area contributed by atoms with Crippen LogP contribution >= 0.6 is 0 Å². The van der Waals surface area contributed by atoms with Gasteiger partial charge in [-0.25, -0.2) is 9.99 Å². The molecular weight excluding hydrogens is 324 g/mol. The average molecular weight is 346 g/mol. The summed E-state index contributed by atoms with van der Waals surface area (Å²) in [5.74, 6) is -0.237. The average Bonchev–Trinajstić information content (AvgIpc) is 3.12. The second kappa shape index (κ2) is 6.67. The highest BCUT2D eigenvalue weighted by atomic mass is 16.4. The highest BCUT2D eigenvalue weighted by Gasteiger charge is 2.47. The number of likely N-dealkylation sites (N-methyl/N-ethyl adjacent to an activating group) is 1. The van der Waals surface area contributed by atoms with E-state index in [-0.39, 0.29) is 12.3 Å². The van der Waals surface area contributed by atoms with Crippen LogP contribution in [0.5, 0.6) is 0 Å². The summed E-state index contributed by atoms with van der Waals surface area (Å²) in [7, 11) is 1.91. The normalized spacial score (nSPS) is 23.5. The Morgan fingerprint density at radius 2 is 2.32 bits per heavy atom. The van der Waals surface area contributed by atoms with Crippen LogP contribution in [0.25, 0.3) is 0 Å². The number of rotatable bonds is 6. The molecule has 1 aromatic heterocycles. The summed E-state index contributed by atoms with van der Waals surface area (Å²) in [6.07, 6.45) is 4.27. The van der Waals surface area contributed by atoms with Crippen molar-refractivity contribution in [3.63, 3.8) is 0 Å². The van der Waals surface area contributed by atoms with E-state index in [1.807, 2.05) is 25.2 Å². The molecule has 3 rings (SSSR count). The maximum Gasteiger partial charge on any atom is 0.304 e. The number of hydrogen-bond acceptors (Lipinski definition) is 7. The number of nitrogens with one attached hydrogen (secondary N) is 2. The molecule has 1 atom stereocenters. The molecule has 3 heterocycles. The number of carbonyl (C=O) groups excluding carboxylic acids is 1. The van der Waals surface area contributed by atoms with Gasteiger partial charge in [0.25, 0.3) is 0 Å². The largest absolute Gasteiger partial charge is 0.481 e. The van der Waals surface area contributed by atoms with Crippen molar-refractivity contribution in [1.82, 2.24) is 20.4 Å². The van der Waals surface area contributed by atoms with Crippen molar-refractivity contribution in [1.29, 1.82) is 0 Å². The zero-order chi connectivity index (χ0) is 18.0. The van der Waals surface area contributed by atoms with Crippen LogP contribution in [0.1, 0.15) is 26.2 Å². The molecule has 9 heteroatoms. The molecule has 134 valence electrons. The monoisotopic (exact) mass is 346 g/mol. The first-order valence-corrected chi connectivity index (χ1v) is 8.24. The molecular formula is C16H22N6O3. The van der Waals surface area contributed by atoms with Gasteiger partial charge >= 0.3 is 5.97 Å². The second-order valence-corrected chi connectivity index (χ2v) is 6.43. The van der Waals surface area contributed by atoms with E-state index < -0.39 is 11.4 Å². The van der Waals surface area contributed by atoms with Crippen molar-refractivity contribution < 1.29 is 14.7 Å². The quantitative estimate of drug-likeness (QED) is 0.693. The molecule has 0 aromatic carbocycles. The Hall–Kier alpha value is -2.68. The van der Waals surface area contributed by atoms with Crippen LogP contribution in [0, 0.1) is 5.41 Å². The minimum Gasteiger partial charge on any atom is -0.481 e. The van der Waals surface area contributed by atoms with Gasteiger partial charge in [0.1, 0.15) is 5.82 Å². The number of carbonyl (C=O) groups is 2. The molecule has 0 bridgehead atoms. The molecule has 0 saturated carbocycles. The summed E-state index contributed by atoms with van der Waals surface area (Å²) in [5, 5.41) is 14.2. The number of anilines is 2. The van der Waals surface area contributed by atoms with Crippen LogP contribution in [0.4, 0.5) is 11.8 Å². The standard InChI is InChI=1S/C16H22N6O3/c1-3-16(8-13(23)24)5-7-22(14(16)25)12-4-6-17-15(20-12)19-11-9-18-21(2)10-11/h4,6,9,18H,3,5,7-8,10H2,1-2H3,(H,23,24)(H,17,19,20). The fraction of sp³-hybridized carbons (Fsp3) is 0.500. The second-order valence-electron chi connectivity index (χ2n) is 6.43. The predicted octanol–water partition coefficient (Wildman–Crippen LogP) is 0.788. The fourth-order valence-electron chi connectivity index (χ4n) is 3.26. The van der Waals surface area contributed by atoms with Gasteiger partial charge in [-0.3, -0.25) is 14.5 Å². The number of nitrogens with zero attached hydrogens (tertiary/aromatic N) is 4. The summed E-state index contributed by atoms with van der Waals surface area (Å²) < 4.78 is 0. The molecule has 0 radical (unpaired) electrons. The molecule has 1 fully saturated rings. The Labute approximate surface area is 145 Å². The number of amides is 1. The van der Waals surface area contributed by atoms with E-state index in [4.69, 9.17) is 5.11 Å². The van der Waals surface area contributed by atoms with E-state index >= 15 is 0 Å². The van der Waals surface area contributed by atoms with Gasteiger partial charge in [0.15, 0.2) is 0 Å². The summed E-state index contributed by atoms with van der Waals surface area (Å²) in [4.78, 5) is 34.2. The molecule has 2 aliphatic rings. The number of hydrazine groups is 1.